The Morgan fingerprint density at radius 1 is 1.15 bits per heavy atom. The van der Waals surface area contributed by atoms with E-state index in [1.165, 1.54) is 12.1 Å². The molecule has 6 heteroatoms. The first-order chi connectivity index (χ1) is 9.58. The Kier molecular flexibility index (Phi) is 4.02. The van der Waals surface area contributed by atoms with Gasteiger partial charge in [0.2, 0.25) is 5.76 Å². The van der Waals surface area contributed by atoms with E-state index in [1.54, 1.807) is 13.8 Å². The van der Waals surface area contributed by atoms with Crippen molar-refractivity contribution >= 4 is 22.9 Å². The van der Waals surface area contributed by atoms with Gasteiger partial charge in [-0.3, -0.25) is 0 Å². The van der Waals surface area contributed by atoms with Gasteiger partial charge in [-0.1, -0.05) is 0 Å². The van der Waals surface area contributed by atoms with Gasteiger partial charge in [0.15, 0.2) is 0 Å². The van der Waals surface area contributed by atoms with E-state index in [1.807, 2.05) is 0 Å². The van der Waals surface area contributed by atoms with Crippen LogP contribution >= 0.6 is 0 Å². The number of carbonyl (C=O) groups is 2. The van der Waals surface area contributed by atoms with Crippen molar-refractivity contribution in [3.8, 4) is 0 Å². The van der Waals surface area contributed by atoms with Gasteiger partial charge in [0.1, 0.15) is 17.0 Å². The molecule has 1 aromatic heterocycles. The minimum absolute atomic E-state index is 0.0414. The van der Waals surface area contributed by atoms with Crippen molar-refractivity contribution < 1.29 is 27.9 Å². The summed E-state index contributed by atoms with van der Waals surface area (Å²) in [6.45, 7) is 3.55. The van der Waals surface area contributed by atoms with Crippen molar-refractivity contribution in [2.75, 3.05) is 13.2 Å². The zero-order valence-electron chi connectivity index (χ0n) is 11.1. The second-order valence-corrected chi connectivity index (χ2v) is 3.89. The van der Waals surface area contributed by atoms with Crippen LogP contribution in [0.2, 0.25) is 0 Å². The predicted octanol–water partition coefficient (Wildman–Crippen LogP) is 2.93. The first kappa shape index (κ1) is 14.0. The normalized spacial score (nSPS) is 10.6. The fourth-order valence-electron chi connectivity index (χ4n) is 1.82. The lowest BCUT2D eigenvalue weighted by Gasteiger charge is -2.02. The minimum Gasteiger partial charge on any atom is -0.462 e. The molecule has 106 valence electrons. The van der Waals surface area contributed by atoms with Crippen molar-refractivity contribution in [3.05, 3.63) is 35.3 Å². The lowest BCUT2D eigenvalue weighted by Crippen LogP contribution is -2.12. The molecule has 0 saturated heterocycles. The van der Waals surface area contributed by atoms with Gasteiger partial charge in [0.25, 0.3) is 0 Å². The molecular weight excluding hydrogens is 267 g/mol. The standard InChI is InChI=1S/C14H13FO5/c1-3-18-13(16)11-9-6-5-8(15)7-10(9)20-12(11)14(17)19-4-2/h5-7H,3-4H2,1-2H3. The zero-order chi connectivity index (χ0) is 14.7. The maximum atomic E-state index is 13.2. The lowest BCUT2D eigenvalue weighted by molar-refractivity contribution is 0.0454. The van der Waals surface area contributed by atoms with E-state index >= 15 is 0 Å². The summed E-state index contributed by atoms with van der Waals surface area (Å²) in [5.41, 5.74) is 0.0522. The smallest absolute Gasteiger partial charge is 0.375 e. The number of furan rings is 1. The molecule has 0 aliphatic rings. The third-order valence-corrected chi connectivity index (χ3v) is 2.59. The fraction of sp³-hybridized carbons (Fsp3) is 0.286. The molecule has 1 heterocycles. The Hall–Kier alpha value is -2.37. The Morgan fingerprint density at radius 3 is 2.45 bits per heavy atom. The largest absolute Gasteiger partial charge is 0.462 e. The van der Waals surface area contributed by atoms with Crippen molar-refractivity contribution in [1.82, 2.24) is 0 Å². The first-order valence-electron chi connectivity index (χ1n) is 6.14. The summed E-state index contributed by atoms with van der Waals surface area (Å²) in [7, 11) is 0. The third-order valence-electron chi connectivity index (χ3n) is 2.59. The average Bonchev–Trinajstić information content (AvgIpc) is 2.77. The van der Waals surface area contributed by atoms with Crippen LogP contribution in [0.25, 0.3) is 11.0 Å². The summed E-state index contributed by atoms with van der Waals surface area (Å²) in [5.74, 6) is -2.30. The van der Waals surface area contributed by atoms with Gasteiger partial charge < -0.3 is 13.9 Å². The fourth-order valence-corrected chi connectivity index (χ4v) is 1.82. The van der Waals surface area contributed by atoms with E-state index in [4.69, 9.17) is 13.9 Å². The SMILES string of the molecule is CCOC(=O)c1oc2cc(F)ccc2c1C(=O)OCC. The minimum atomic E-state index is -0.785. The highest BCUT2D eigenvalue weighted by Gasteiger charge is 2.27. The van der Waals surface area contributed by atoms with Crippen LogP contribution in [0, 0.1) is 5.82 Å². The molecule has 0 spiro atoms. The maximum absolute atomic E-state index is 13.2. The molecule has 0 aliphatic heterocycles. The van der Waals surface area contributed by atoms with Crippen molar-refractivity contribution in [1.29, 1.82) is 0 Å². The number of esters is 2. The number of ether oxygens (including phenoxy) is 2. The maximum Gasteiger partial charge on any atom is 0.375 e. The molecule has 0 bridgehead atoms. The van der Waals surface area contributed by atoms with Crippen molar-refractivity contribution in [2.24, 2.45) is 0 Å². The molecule has 0 atom stereocenters. The number of hydrogen-bond acceptors (Lipinski definition) is 5. The lowest BCUT2D eigenvalue weighted by atomic mass is 10.1. The van der Waals surface area contributed by atoms with Crippen LogP contribution < -0.4 is 0 Å². The molecule has 0 aliphatic carbocycles. The second kappa shape index (κ2) is 5.73. The van der Waals surface area contributed by atoms with Gasteiger partial charge >= 0.3 is 11.9 Å². The Balaban J connectivity index is 2.62. The summed E-state index contributed by atoms with van der Waals surface area (Å²) < 4.78 is 28.1. The van der Waals surface area contributed by atoms with Gasteiger partial charge in [-0.05, 0) is 26.0 Å². The van der Waals surface area contributed by atoms with Gasteiger partial charge in [0, 0.05) is 11.5 Å². The average molecular weight is 280 g/mol. The number of hydrogen-bond donors (Lipinski definition) is 0. The zero-order valence-corrected chi connectivity index (χ0v) is 11.1. The van der Waals surface area contributed by atoms with Crippen LogP contribution in [0.4, 0.5) is 4.39 Å². The molecule has 0 unspecified atom stereocenters. The van der Waals surface area contributed by atoms with Crippen LogP contribution in [0.15, 0.2) is 22.6 Å². The summed E-state index contributed by atoms with van der Waals surface area (Å²) in [4.78, 5) is 23.8. The molecule has 5 nitrogen and oxygen atoms in total. The van der Waals surface area contributed by atoms with Gasteiger partial charge in [0.05, 0.1) is 13.2 Å². The van der Waals surface area contributed by atoms with Gasteiger partial charge in [-0.2, -0.15) is 0 Å². The first-order valence-corrected chi connectivity index (χ1v) is 6.14. The molecule has 2 rings (SSSR count). The van der Waals surface area contributed by atoms with E-state index in [0.29, 0.717) is 5.39 Å². The van der Waals surface area contributed by atoms with E-state index < -0.39 is 17.8 Å². The Morgan fingerprint density at radius 2 is 1.80 bits per heavy atom. The predicted molar refractivity (Wildman–Crippen MR) is 68.1 cm³/mol. The van der Waals surface area contributed by atoms with Crippen LogP contribution in [0.3, 0.4) is 0 Å². The monoisotopic (exact) mass is 280 g/mol. The Bertz CT molecular complexity index is 659. The molecule has 0 radical (unpaired) electrons. The quantitative estimate of drug-likeness (QED) is 0.805. The molecule has 0 N–H and O–H groups in total. The van der Waals surface area contributed by atoms with Gasteiger partial charge in [-0.15, -0.1) is 0 Å². The third kappa shape index (κ3) is 2.49. The van der Waals surface area contributed by atoms with Crippen molar-refractivity contribution in [2.45, 2.75) is 13.8 Å². The van der Waals surface area contributed by atoms with Crippen LogP contribution in [-0.4, -0.2) is 25.2 Å². The van der Waals surface area contributed by atoms with Crippen LogP contribution in [0.5, 0.6) is 0 Å². The molecule has 0 saturated carbocycles. The number of fused-ring (bicyclic) bond motifs is 1. The number of benzene rings is 1. The number of halogens is 1. The highest BCUT2D eigenvalue weighted by Crippen LogP contribution is 2.28. The second-order valence-electron chi connectivity index (χ2n) is 3.89. The van der Waals surface area contributed by atoms with Crippen LogP contribution in [-0.2, 0) is 9.47 Å². The van der Waals surface area contributed by atoms with Crippen LogP contribution in [0.1, 0.15) is 34.8 Å². The highest BCUT2D eigenvalue weighted by molar-refractivity contribution is 6.11. The molecular formula is C14H13FO5. The van der Waals surface area contributed by atoms with E-state index in [0.717, 1.165) is 6.07 Å². The highest BCUT2D eigenvalue weighted by atomic mass is 19.1. The van der Waals surface area contributed by atoms with Crippen molar-refractivity contribution in [3.63, 3.8) is 0 Å². The number of rotatable bonds is 4. The summed E-state index contributed by atoms with van der Waals surface area (Å²) >= 11 is 0. The molecule has 0 fully saturated rings. The summed E-state index contributed by atoms with van der Waals surface area (Å²) in [6, 6.07) is 3.64. The molecule has 20 heavy (non-hydrogen) atoms. The van der Waals surface area contributed by atoms with E-state index in [2.05, 4.69) is 0 Å². The number of carbonyl (C=O) groups excluding carboxylic acids is 2. The molecule has 0 amide bonds. The molecule has 2 aromatic rings. The topological polar surface area (TPSA) is 65.7 Å². The van der Waals surface area contributed by atoms with E-state index in [-0.39, 0.29) is 30.1 Å². The van der Waals surface area contributed by atoms with Gasteiger partial charge in [-0.25, -0.2) is 14.0 Å². The van der Waals surface area contributed by atoms with E-state index in [9.17, 15) is 14.0 Å². The summed E-state index contributed by atoms with van der Waals surface area (Å²) in [6.07, 6.45) is 0. The molecule has 1 aromatic carbocycles. The Labute approximate surface area is 114 Å². The summed E-state index contributed by atoms with van der Waals surface area (Å²) in [5, 5.41) is 0.313.